The molecule has 1 aliphatic rings. The molecule has 1 saturated carbocycles. The van der Waals surface area contributed by atoms with Gasteiger partial charge in [0.05, 0.1) is 12.1 Å². The number of hydrogen-bond donors (Lipinski definition) is 1. The van der Waals surface area contributed by atoms with Crippen LogP contribution >= 0.6 is 0 Å². The molecule has 2 rings (SSSR count). The van der Waals surface area contributed by atoms with Crippen LogP contribution in [0.15, 0.2) is 12.4 Å². The van der Waals surface area contributed by atoms with Gasteiger partial charge in [-0.1, -0.05) is 13.3 Å². The van der Waals surface area contributed by atoms with Gasteiger partial charge in [0.15, 0.2) is 0 Å². The lowest BCUT2D eigenvalue weighted by Crippen LogP contribution is -2.29. The Hall–Kier alpha value is -1.32. The Morgan fingerprint density at radius 2 is 2.28 bits per heavy atom. The Morgan fingerprint density at radius 3 is 2.83 bits per heavy atom. The van der Waals surface area contributed by atoms with E-state index in [1.165, 1.54) is 0 Å². The van der Waals surface area contributed by atoms with Crippen molar-refractivity contribution in [2.24, 2.45) is 11.8 Å². The topological polar surface area (TPSA) is 55.1 Å². The van der Waals surface area contributed by atoms with Gasteiger partial charge in [-0.05, 0) is 37.7 Å². The van der Waals surface area contributed by atoms with Crippen molar-refractivity contribution in [1.82, 2.24) is 9.78 Å². The maximum absolute atomic E-state index is 11.4. The summed E-state index contributed by atoms with van der Waals surface area (Å²) in [5.41, 5.74) is 1.10. The first-order valence-electron chi connectivity index (χ1n) is 6.90. The maximum Gasteiger partial charge on any atom is 0.307 e. The third-order valence-electron chi connectivity index (χ3n) is 4.26. The van der Waals surface area contributed by atoms with E-state index >= 15 is 0 Å². The number of carboxylic acid groups (broad SMARTS) is 1. The largest absolute Gasteiger partial charge is 0.481 e. The highest BCUT2D eigenvalue weighted by Gasteiger charge is 2.35. The summed E-state index contributed by atoms with van der Waals surface area (Å²) < 4.78 is 1.88. The number of nitrogens with zero attached hydrogens (tertiary/aromatic N) is 2. The second-order valence-electron chi connectivity index (χ2n) is 5.27. The molecule has 3 atom stereocenters. The van der Waals surface area contributed by atoms with Gasteiger partial charge in [-0.3, -0.25) is 9.48 Å². The summed E-state index contributed by atoms with van der Waals surface area (Å²) in [7, 11) is 0. The zero-order valence-corrected chi connectivity index (χ0v) is 11.2. The molecular weight excluding hydrogens is 228 g/mol. The van der Waals surface area contributed by atoms with Crippen molar-refractivity contribution in [3.8, 4) is 0 Å². The van der Waals surface area contributed by atoms with Gasteiger partial charge in [-0.15, -0.1) is 0 Å². The fraction of sp³-hybridized carbons (Fsp3) is 0.714. The molecule has 0 aromatic carbocycles. The van der Waals surface area contributed by atoms with Crippen molar-refractivity contribution >= 4 is 5.97 Å². The molecule has 18 heavy (non-hydrogen) atoms. The molecular formula is C14H22N2O2. The molecule has 1 fully saturated rings. The van der Waals surface area contributed by atoms with Crippen LogP contribution in [0.3, 0.4) is 0 Å². The van der Waals surface area contributed by atoms with E-state index in [0.717, 1.165) is 37.8 Å². The van der Waals surface area contributed by atoms with Crippen LogP contribution in [0.5, 0.6) is 0 Å². The van der Waals surface area contributed by atoms with Crippen LogP contribution in [0.1, 0.15) is 51.0 Å². The van der Waals surface area contributed by atoms with Gasteiger partial charge in [0.2, 0.25) is 0 Å². The van der Waals surface area contributed by atoms with Gasteiger partial charge in [0.25, 0.3) is 0 Å². The van der Waals surface area contributed by atoms with E-state index in [-0.39, 0.29) is 11.8 Å². The number of aliphatic carboxylic acids is 1. The molecule has 0 radical (unpaired) electrons. The van der Waals surface area contributed by atoms with Gasteiger partial charge in [-0.25, -0.2) is 0 Å². The minimum atomic E-state index is -0.654. The van der Waals surface area contributed by atoms with Crippen molar-refractivity contribution in [3.63, 3.8) is 0 Å². The third kappa shape index (κ3) is 2.57. The molecule has 0 saturated heterocycles. The minimum absolute atomic E-state index is 0.140. The number of carbonyl (C=O) groups is 1. The van der Waals surface area contributed by atoms with E-state index in [4.69, 9.17) is 0 Å². The number of aromatic nitrogens is 2. The van der Waals surface area contributed by atoms with Crippen LogP contribution in [-0.4, -0.2) is 20.9 Å². The van der Waals surface area contributed by atoms with Crippen molar-refractivity contribution in [2.75, 3.05) is 0 Å². The highest BCUT2D eigenvalue weighted by molar-refractivity contribution is 5.71. The summed E-state index contributed by atoms with van der Waals surface area (Å²) in [5, 5.41) is 13.6. The predicted octanol–water partition coefficient (Wildman–Crippen LogP) is 2.90. The van der Waals surface area contributed by atoms with Gasteiger partial charge in [-0.2, -0.15) is 5.10 Å². The van der Waals surface area contributed by atoms with Crippen LogP contribution in [0.25, 0.3) is 0 Å². The molecule has 0 bridgehead atoms. The lowest BCUT2D eigenvalue weighted by atomic mass is 9.71. The summed E-state index contributed by atoms with van der Waals surface area (Å²) >= 11 is 0. The molecule has 4 heteroatoms. The standard InChI is InChI=1S/C14H22N2O2/c1-3-10-5-6-12(14(17)18)13(7-10)11-8-15-16(4-2)9-11/h8-10,12-13H,3-7H2,1-2H3,(H,17,18). The summed E-state index contributed by atoms with van der Waals surface area (Å²) in [4.78, 5) is 11.4. The Labute approximate surface area is 108 Å². The van der Waals surface area contributed by atoms with Crippen molar-refractivity contribution in [2.45, 2.75) is 52.0 Å². The second-order valence-corrected chi connectivity index (χ2v) is 5.27. The van der Waals surface area contributed by atoms with E-state index in [1.54, 1.807) is 0 Å². The number of carboxylic acids is 1. The molecule has 100 valence electrons. The van der Waals surface area contributed by atoms with Crippen molar-refractivity contribution < 1.29 is 9.90 Å². The average molecular weight is 250 g/mol. The van der Waals surface area contributed by atoms with Crippen molar-refractivity contribution in [1.29, 1.82) is 0 Å². The Bertz CT molecular complexity index is 414. The van der Waals surface area contributed by atoms with E-state index < -0.39 is 5.97 Å². The first-order chi connectivity index (χ1) is 8.65. The van der Waals surface area contributed by atoms with Gasteiger partial charge in [0.1, 0.15) is 0 Å². The third-order valence-corrected chi connectivity index (χ3v) is 4.26. The molecule has 4 nitrogen and oxygen atoms in total. The van der Waals surface area contributed by atoms with Crippen LogP contribution in [0.4, 0.5) is 0 Å². The summed E-state index contributed by atoms with van der Waals surface area (Å²) in [6, 6.07) is 0. The van der Waals surface area contributed by atoms with Gasteiger partial charge < -0.3 is 5.11 Å². The number of rotatable bonds is 4. The summed E-state index contributed by atoms with van der Waals surface area (Å²) in [6.45, 7) is 5.07. The fourth-order valence-electron chi connectivity index (χ4n) is 3.04. The monoisotopic (exact) mass is 250 g/mol. The summed E-state index contributed by atoms with van der Waals surface area (Å²) in [6.07, 6.45) is 7.84. The lowest BCUT2D eigenvalue weighted by molar-refractivity contribution is -0.143. The SMILES string of the molecule is CCC1CCC(C(=O)O)C(c2cnn(CC)c2)C1. The fourth-order valence-corrected chi connectivity index (χ4v) is 3.04. The maximum atomic E-state index is 11.4. The number of hydrogen-bond acceptors (Lipinski definition) is 2. The zero-order valence-electron chi connectivity index (χ0n) is 11.2. The molecule has 0 spiro atoms. The Balaban J connectivity index is 2.21. The van der Waals surface area contributed by atoms with E-state index in [1.807, 2.05) is 24.0 Å². The average Bonchev–Trinajstić information content (AvgIpc) is 2.86. The first kappa shape index (κ1) is 13.1. The van der Waals surface area contributed by atoms with E-state index in [9.17, 15) is 9.90 Å². The first-order valence-corrected chi connectivity index (χ1v) is 6.90. The normalized spacial score (nSPS) is 28.2. The number of aryl methyl sites for hydroxylation is 1. The van der Waals surface area contributed by atoms with Gasteiger partial charge >= 0.3 is 5.97 Å². The summed E-state index contributed by atoms with van der Waals surface area (Å²) in [5.74, 6) is -0.0850. The minimum Gasteiger partial charge on any atom is -0.481 e. The smallest absolute Gasteiger partial charge is 0.307 e. The zero-order chi connectivity index (χ0) is 13.1. The molecule has 0 amide bonds. The molecule has 0 aliphatic heterocycles. The Kier molecular flexibility index (Phi) is 4.04. The quantitative estimate of drug-likeness (QED) is 0.894. The van der Waals surface area contributed by atoms with Crippen LogP contribution in [0.2, 0.25) is 0 Å². The highest BCUT2D eigenvalue weighted by Crippen LogP contribution is 2.41. The molecule has 3 unspecified atom stereocenters. The van der Waals surface area contributed by atoms with E-state index in [2.05, 4.69) is 12.0 Å². The second kappa shape index (κ2) is 5.55. The Morgan fingerprint density at radius 1 is 1.50 bits per heavy atom. The predicted molar refractivity (Wildman–Crippen MR) is 69.4 cm³/mol. The molecule has 1 aromatic rings. The van der Waals surface area contributed by atoms with E-state index in [0.29, 0.717) is 5.92 Å². The lowest BCUT2D eigenvalue weighted by Gasteiger charge is -2.33. The molecule has 1 N–H and O–H groups in total. The van der Waals surface area contributed by atoms with Crippen LogP contribution in [-0.2, 0) is 11.3 Å². The highest BCUT2D eigenvalue weighted by atomic mass is 16.4. The molecule has 1 aliphatic carbocycles. The molecule has 1 heterocycles. The van der Waals surface area contributed by atoms with Crippen LogP contribution in [0, 0.1) is 11.8 Å². The van der Waals surface area contributed by atoms with Gasteiger partial charge in [0, 0.05) is 18.7 Å². The van der Waals surface area contributed by atoms with Crippen LogP contribution < -0.4 is 0 Å². The van der Waals surface area contributed by atoms with Crippen molar-refractivity contribution in [3.05, 3.63) is 18.0 Å². The molecule has 1 aromatic heterocycles.